The van der Waals surface area contributed by atoms with Crippen LogP contribution in [0.3, 0.4) is 0 Å². The molecule has 208 valence electrons. The quantitative estimate of drug-likeness (QED) is 0.396. The molecule has 2 amide bonds. The van der Waals surface area contributed by atoms with E-state index in [1.807, 2.05) is 69.3 Å². The van der Waals surface area contributed by atoms with E-state index in [-0.39, 0.29) is 30.8 Å². The highest BCUT2D eigenvalue weighted by Crippen LogP contribution is 2.23. The van der Waals surface area contributed by atoms with Gasteiger partial charge in [-0.25, -0.2) is 8.42 Å². The number of rotatable bonds is 13. The molecule has 1 N–H and O–H groups in total. The Hall–Kier alpha value is -2.87. The summed E-state index contributed by atoms with van der Waals surface area (Å²) in [7, 11) is -3.52. The van der Waals surface area contributed by atoms with Gasteiger partial charge in [-0.15, -0.1) is 0 Å². The number of nitrogens with zero attached hydrogens (tertiary/aromatic N) is 2. The summed E-state index contributed by atoms with van der Waals surface area (Å²) in [6, 6.07) is 15.3. The molecular formula is C30H43N3O4S. The van der Waals surface area contributed by atoms with Crippen LogP contribution in [0.25, 0.3) is 0 Å². The van der Waals surface area contributed by atoms with Gasteiger partial charge in [-0.2, -0.15) is 0 Å². The number of sulfonamides is 1. The Kier molecular flexibility index (Phi) is 10.8. The lowest BCUT2D eigenvalue weighted by atomic mass is 10.1. The normalized spacial score (nSPS) is 14.7. The van der Waals surface area contributed by atoms with Crippen LogP contribution in [0.5, 0.6) is 0 Å². The van der Waals surface area contributed by atoms with Gasteiger partial charge >= 0.3 is 0 Å². The Morgan fingerprint density at radius 3 is 2.21 bits per heavy atom. The summed E-state index contributed by atoms with van der Waals surface area (Å²) in [5, 5.41) is 3.17. The zero-order valence-electron chi connectivity index (χ0n) is 23.3. The maximum absolute atomic E-state index is 13.6. The molecule has 0 heterocycles. The minimum atomic E-state index is -3.52. The Bertz CT molecular complexity index is 1160. The number of anilines is 1. The lowest BCUT2D eigenvalue weighted by Gasteiger charge is -2.32. The average Bonchev–Trinajstić information content (AvgIpc) is 3.36. The zero-order valence-corrected chi connectivity index (χ0v) is 24.1. The molecule has 1 unspecified atom stereocenters. The van der Waals surface area contributed by atoms with Crippen molar-refractivity contribution in [1.29, 1.82) is 0 Å². The van der Waals surface area contributed by atoms with E-state index in [0.717, 1.165) is 42.4 Å². The summed E-state index contributed by atoms with van der Waals surface area (Å²) in [6.45, 7) is 6.45. The van der Waals surface area contributed by atoms with Crippen LogP contribution in [0.2, 0.25) is 0 Å². The highest BCUT2D eigenvalue weighted by atomic mass is 32.2. The minimum Gasteiger partial charge on any atom is -0.352 e. The Morgan fingerprint density at radius 1 is 1.00 bits per heavy atom. The predicted octanol–water partition coefficient (Wildman–Crippen LogP) is 4.76. The van der Waals surface area contributed by atoms with Gasteiger partial charge in [0.05, 0.1) is 11.9 Å². The third-order valence-electron chi connectivity index (χ3n) is 7.22. The van der Waals surface area contributed by atoms with Gasteiger partial charge < -0.3 is 10.2 Å². The summed E-state index contributed by atoms with van der Waals surface area (Å²) >= 11 is 0. The second kappa shape index (κ2) is 13.8. The molecule has 1 saturated carbocycles. The summed E-state index contributed by atoms with van der Waals surface area (Å²) in [5.74, 6) is -0.211. The van der Waals surface area contributed by atoms with Crippen LogP contribution >= 0.6 is 0 Å². The molecule has 7 nitrogen and oxygen atoms in total. The van der Waals surface area contributed by atoms with Gasteiger partial charge in [0.1, 0.15) is 6.04 Å². The maximum atomic E-state index is 13.6. The van der Waals surface area contributed by atoms with Gasteiger partial charge in [0, 0.05) is 25.6 Å². The third-order valence-corrected chi connectivity index (χ3v) is 8.41. The fourth-order valence-electron chi connectivity index (χ4n) is 5.36. The van der Waals surface area contributed by atoms with Crippen molar-refractivity contribution >= 4 is 27.5 Å². The smallest absolute Gasteiger partial charge is 0.243 e. The first kappa shape index (κ1) is 29.7. The molecule has 0 radical (unpaired) electrons. The van der Waals surface area contributed by atoms with Crippen molar-refractivity contribution < 1.29 is 18.0 Å². The molecule has 0 aliphatic heterocycles. The largest absolute Gasteiger partial charge is 0.352 e. The molecule has 0 aromatic heterocycles. The van der Waals surface area contributed by atoms with E-state index >= 15 is 0 Å². The summed E-state index contributed by atoms with van der Waals surface area (Å²) in [4.78, 5) is 28.5. The Balaban J connectivity index is 1.72. The maximum Gasteiger partial charge on any atom is 0.243 e. The SMILES string of the molecule is CCC(C(=O)NC1CCCC1)N(CCc1ccccc1)C(=O)CCCN(c1cc(C)cc(C)c1)S(C)(=O)=O. The fraction of sp³-hybridized carbons (Fsp3) is 0.533. The van der Waals surface area contributed by atoms with E-state index in [4.69, 9.17) is 0 Å². The van der Waals surface area contributed by atoms with E-state index in [1.165, 1.54) is 10.6 Å². The molecule has 2 aromatic carbocycles. The van der Waals surface area contributed by atoms with Crippen LogP contribution < -0.4 is 9.62 Å². The number of benzene rings is 2. The van der Waals surface area contributed by atoms with E-state index in [9.17, 15) is 18.0 Å². The first-order valence-corrected chi connectivity index (χ1v) is 15.6. The van der Waals surface area contributed by atoms with Gasteiger partial charge in [0.15, 0.2) is 0 Å². The first-order valence-electron chi connectivity index (χ1n) is 13.8. The van der Waals surface area contributed by atoms with E-state index in [1.54, 1.807) is 4.90 Å². The lowest BCUT2D eigenvalue weighted by Crippen LogP contribution is -2.52. The Labute approximate surface area is 228 Å². The average molecular weight is 542 g/mol. The standard InChI is InChI=1S/C30H43N3O4S/c1-5-28(30(35)31-26-14-9-10-15-26)32(19-17-25-12-7-6-8-13-25)29(34)16-11-18-33(38(4,36)37)27-21-23(2)20-24(3)22-27/h6-8,12-13,20-22,26,28H,5,9-11,14-19H2,1-4H3,(H,31,35). The van der Waals surface area contributed by atoms with Crippen molar-refractivity contribution in [1.82, 2.24) is 10.2 Å². The van der Waals surface area contributed by atoms with Crippen LogP contribution in [0.4, 0.5) is 5.69 Å². The summed E-state index contributed by atoms with van der Waals surface area (Å²) in [6.07, 6.45) is 7.11. The van der Waals surface area contributed by atoms with E-state index in [2.05, 4.69) is 5.32 Å². The summed E-state index contributed by atoms with van der Waals surface area (Å²) in [5.41, 5.74) is 3.68. The van der Waals surface area contributed by atoms with Gasteiger partial charge in [0.25, 0.3) is 0 Å². The number of carbonyl (C=O) groups is 2. The predicted molar refractivity (Wildman–Crippen MR) is 154 cm³/mol. The van der Waals surface area contributed by atoms with Crippen molar-refractivity contribution in [2.45, 2.75) is 84.2 Å². The van der Waals surface area contributed by atoms with Crippen molar-refractivity contribution in [3.8, 4) is 0 Å². The molecule has 1 aliphatic rings. The highest BCUT2D eigenvalue weighted by molar-refractivity contribution is 7.92. The van der Waals surface area contributed by atoms with Gasteiger partial charge in [-0.05, 0) is 74.8 Å². The van der Waals surface area contributed by atoms with E-state index in [0.29, 0.717) is 31.5 Å². The fourth-order valence-corrected chi connectivity index (χ4v) is 6.31. The van der Waals surface area contributed by atoms with Crippen LogP contribution in [-0.4, -0.2) is 56.6 Å². The number of amides is 2. The van der Waals surface area contributed by atoms with Crippen LogP contribution in [0.1, 0.15) is 68.6 Å². The molecule has 0 spiro atoms. The van der Waals surface area contributed by atoms with Gasteiger partial charge in [0.2, 0.25) is 21.8 Å². The second-order valence-electron chi connectivity index (χ2n) is 10.5. The minimum absolute atomic E-state index is 0.0891. The van der Waals surface area contributed by atoms with Crippen molar-refractivity contribution in [3.05, 3.63) is 65.2 Å². The number of carbonyl (C=O) groups excluding carboxylic acids is 2. The molecule has 2 aromatic rings. The molecule has 38 heavy (non-hydrogen) atoms. The molecule has 0 bridgehead atoms. The van der Waals surface area contributed by atoms with Crippen molar-refractivity contribution in [2.75, 3.05) is 23.7 Å². The molecule has 1 fully saturated rings. The second-order valence-corrected chi connectivity index (χ2v) is 12.4. The van der Waals surface area contributed by atoms with Crippen molar-refractivity contribution in [3.63, 3.8) is 0 Å². The monoisotopic (exact) mass is 541 g/mol. The number of nitrogens with one attached hydrogen (secondary N) is 1. The number of aryl methyl sites for hydroxylation is 2. The first-order chi connectivity index (χ1) is 18.1. The molecular weight excluding hydrogens is 498 g/mol. The van der Waals surface area contributed by atoms with E-state index < -0.39 is 16.1 Å². The molecule has 1 atom stereocenters. The van der Waals surface area contributed by atoms with Gasteiger partial charge in [-0.3, -0.25) is 13.9 Å². The Morgan fingerprint density at radius 2 is 1.63 bits per heavy atom. The van der Waals surface area contributed by atoms with Crippen LogP contribution in [-0.2, 0) is 26.0 Å². The zero-order chi connectivity index (χ0) is 27.7. The summed E-state index contributed by atoms with van der Waals surface area (Å²) < 4.78 is 26.6. The van der Waals surface area contributed by atoms with Gasteiger partial charge in [-0.1, -0.05) is 56.2 Å². The number of hydrogen-bond donors (Lipinski definition) is 1. The van der Waals surface area contributed by atoms with Crippen molar-refractivity contribution in [2.24, 2.45) is 0 Å². The molecule has 1 aliphatic carbocycles. The lowest BCUT2D eigenvalue weighted by molar-refractivity contribution is -0.141. The van der Waals surface area contributed by atoms with Crippen LogP contribution in [0.15, 0.2) is 48.5 Å². The molecule has 0 saturated heterocycles. The topological polar surface area (TPSA) is 86.8 Å². The molecule has 3 rings (SSSR count). The molecule has 8 heteroatoms. The van der Waals surface area contributed by atoms with Crippen LogP contribution in [0, 0.1) is 13.8 Å². The highest BCUT2D eigenvalue weighted by Gasteiger charge is 2.30. The third kappa shape index (κ3) is 8.58. The number of hydrogen-bond acceptors (Lipinski definition) is 4.